The minimum atomic E-state index is -0.523. The predicted molar refractivity (Wildman–Crippen MR) is 78.6 cm³/mol. The van der Waals surface area contributed by atoms with Crippen LogP contribution >= 0.6 is 11.8 Å². The van der Waals surface area contributed by atoms with Crippen LogP contribution in [0, 0.1) is 0 Å². The Kier molecular flexibility index (Phi) is 4.62. The summed E-state index contributed by atoms with van der Waals surface area (Å²) in [5.41, 5.74) is 1.18. The van der Waals surface area contributed by atoms with Crippen LogP contribution in [0.2, 0.25) is 0 Å². The van der Waals surface area contributed by atoms with Gasteiger partial charge in [0.25, 0.3) is 0 Å². The highest BCUT2D eigenvalue weighted by Crippen LogP contribution is 2.16. The van der Waals surface area contributed by atoms with E-state index in [-0.39, 0.29) is 17.7 Å². The molecule has 1 aliphatic rings. The highest BCUT2D eigenvalue weighted by atomic mass is 32.2. The molecule has 1 atom stereocenters. The van der Waals surface area contributed by atoms with E-state index in [4.69, 9.17) is 0 Å². The maximum atomic E-state index is 12.0. The van der Waals surface area contributed by atoms with Crippen molar-refractivity contribution in [3.05, 3.63) is 24.3 Å². The SMILES string of the molecule is CC(=O)Nc1cccc(NC(=O)C2CSCC(=O)N2)c1. The molecule has 0 aliphatic carbocycles. The summed E-state index contributed by atoms with van der Waals surface area (Å²) in [6.45, 7) is 1.42. The molecule has 1 aromatic rings. The summed E-state index contributed by atoms with van der Waals surface area (Å²) in [7, 11) is 0. The number of hydrogen-bond donors (Lipinski definition) is 3. The van der Waals surface area contributed by atoms with Gasteiger partial charge in [0.05, 0.1) is 5.75 Å². The second-order valence-electron chi connectivity index (χ2n) is 4.39. The fourth-order valence-corrected chi connectivity index (χ4v) is 2.65. The molecular formula is C13H15N3O3S. The molecule has 2 rings (SSSR count). The third-order valence-electron chi connectivity index (χ3n) is 2.62. The van der Waals surface area contributed by atoms with Crippen molar-refractivity contribution in [3.63, 3.8) is 0 Å². The van der Waals surface area contributed by atoms with Crippen LogP contribution in [-0.4, -0.2) is 35.3 Å². The molecule has 1 aromatic carbocycles. The minimum absolute atomic E-state index is 0.131. The number of thioether (sulfide) groups is 1. The first-order valence-corrected chi connectivity index (χ1v) is 7.25. The quantitative estimate of drug-likeness (QED) is 0.770. The molecule has 0 saturated carbocycles. The minimum Gasteiger partial charge on any atom is -0.343 e. The van der Waals surface area contributed by atoms with Crippen molar-refractivity contribution in [2.24, 2.45) is 0 Å². The van der Waals surface area contributed by atoms with Crippen molar-refractivity contribution in [1.82, 2.24) is 5.32 Å². The number of amides is 3. The lowest BCUT2D eigenvalue weighted by atomic mass is 10.2. The molecule has 0 spiro atoms. The monoisotopic (exact) mass is 293 g/mol. The first-order chi connectivity index (χ1) is 9.54. The van der Waals surface area contributed by atoms with E-state index in [1.54, 1.807) is 24.3 Å². The molecule has 106 valence electrons. The molecule has 1 saturated heterocycles. The van der Waals surface area contributed by atoms with Crippen molar-refractivity contribution in [3.8, 4) is 0 Å². The van der Waals surface area contributed by atoms with Crippen molar-refractivity contribution in [2.75, 3.05) is 22.1 Å². The fraction of sp³-hybridized carbons (Fsp3) is 0.308. The lowest BCUT2D eigenvalue weighted by Crippen LogP contribution is -2.49. The van der Waals surface area contributed by atoms with Crippen LogP contribution in [-0.2, 0) is 14.4 Å². The Balaban J connectivity index is 2.00. The van der Waals surface area contributed by atoms with E-state index < -0.39 is 6.04 Å². The van der Waals surface area contributed by atoms with Gasteiger partial charge in [-0.25, -0.2) is 0 Å². The van der Waals surface area contributed by atoms with Crippen LogP contribution in [0.25, 0.3) is 0 Å². The summed E-state index contributed by atoms with van der Waals surface area (Å²) in [5.74, 6) is 0.383. The van der Waals surface area contributed by atoms with Crippen LogP contribution in [0.15, 0.2) is 24.3 Å². The molecule has 0 bridgehead atoms. The highest BCUT2D eigenvalue weighted by Gasteiger charge is 2.25. The van der Waals surface area contributed by atoms with E-state index in [1.807, 2.05) is 0 Å². The van der Waals surface area contributed by atoms with Crippen LogP contribution in [0.1, 0.15) is 6.92 Å². The van der Waals surface area contributed by atoms with Gasteiger partial charge in [-0.15, -0.1) is 11.8 Å². The van der Waals surface area contributed by atoms with Gasteiger partial charge in [-0.3, -0.25) is 14.4 Å². The van der Waals surface area contributed by atoms with E-state index in [9.17, 15) is 14.4 Å². The largest absolute Gasteiger partial charge is 0.343 e. The zero-order valence-electron chi connectivity index (χ0n) is 10.9. The molecule has 7 heteroatoms. The van der Waals surface area contributed by atoms with Crippen molar-refractivity contribution in [2.45, 2.75) is 13.0 Å². The smallest absolute Gasteiger partial charge is 0.247 e. The molecule has 1 unspecified atom stereocenters. The third kappa shape index (κ3) is 3.99. The molecule has 6 nitrogen and oxygen atoms in total. The second kappa shape index (κ2) is 6.42. The Hall–Kier alpha value is -2.02. The first-order valence-electron chi connectivity index (χ1n) is 6.10. The zero-order chi connectivity index (χ0) is 14.5. The standard InChI is InChI=1S/C13H15N3O3S/c1-8(17)14-9-3-2-4-10(5-9)15-13(19)11-6-20-7-12(18)16-11/h2-5,11H,6-7H2,1H3,(H,14,17)(H,15,19)(H,16,18). The maximum Gasteiger partial charge on any atom is 0.247 e. The van der Waals surface area contributed by atoms with Gasteiger partial charge in [-0.1, -0.05) is 6.07 Å². The van der Waals surface area contributed by atoms with Crippen molar-refractivity contribution in [1.29, 1.82) is 0 Å². The number of carbonyl (C=O) groups excluding carboxylic acids is 3. The predicted octanol–water partition coefficient (Wildman–Crippen LogP) is 0.815. The van der Waals surface area contributed by atoms with Crippen molar-refractivity contribution >= 4 is 40.9 Å². The lowest BCUT2D eigenvalue weighted by Gasteiger charge is -2.22. The first kappa shape index (κ1) is 14.4. The van der Waals surface area contributed by atoms with Gasteiger partial charge < -0.3 is 16.0 Å². The Morgan fingerprint density at radius 2 is 2.00 bits per heavy atom. The number of benzene rings is 1. The number of anilines is 2. The topological polar surface area (TPSA) is 87.3 Å². The summed E-state index contributed by atoms with van der Waals surface area (Å²) < 4.78 is 0. The maximum absolute atomic E-state index is 12.0. The summed E-state index contributed by atoms with van der Waals surface area (Å²) in [6, 6.07) is 6.33. The number of rotatable bonds is 3. The van der Waals surface area contributed by atoms with Gasteiger partial charge in [0.15, 0.2) is 0 Å². The fourth-order valence-electron chi connectivity index (χ4n) is 1.80. The lowest BCUT2D eigenvalue weighted by molar-refractivity contribution is -0.124. The number of carbonyl (C=O) groups is 3. The van der Waals surface area contributed by atoms with Gasteiger partial charge in [-0.05, 0) is 18.2 Å². The molecule has 3 N–H and O–H groups in total. The summed E-state index contributed by atoms with van der Waals surface area (Å²) in [6.07, 6.45) is 0. The Bertz CT molecular complexity index is 547. The van der Waals surface area contributed by atoms with Crippen molar-refractivity contribution < 1.29 is 14.4 Å². The van der Waals surface area contributed by atoms with E-state index >= 15 is 0 Å². The van der Waals surface area contributed by atoms with Crippen LogP contribution in [0.5, 0.6) is 0 Å². The number of nitrogens with one attached hydrogen (secondary N) is 3. The van der Waals surface area contributed by atoms with Gasteiger partial charge in [-0.2, -0.15) is 0 Å². The molecule has 20 heavy (non-hydrogen) atoms. The van der Waals surface area contributed by atoms with E-state index in [0.29, 0.717) is 22.9 Å². The molecule has 0 aromatic heterocycles. The molecular weight excluding hydrogens is 278 g/mol. The third-order valence-corrected chi connectivity index (χ3v) is 3.66. The summed E-state index contributed by atoms with van der Waals surface area (Å²) in [5, 5.41) is 8.01. The van der Waals surface area contributed by atoms with Crippen LogP contribution < -0.4 is 16.0 Å². The average molecular weight is 293 g/mol. The normalized spacial score (nSPS) is 18.1. The summed E-state index contributed by atoms with van der Waals surface area (Å²) in [4.78, 5) is 34.2. The Labute approximate surface area is 120 Å². The van der Waals surface area contributed by atoms with Crippen LogP contribution in [0.4, 0.5) is 11.4 Å². The molecule has 1 heterocycles. The summed E-state index contributed by atoms with van der Waals surface area (Å²) >= 11 is 1.43. The van der Waals surface area contributed by atoms with Gasteiger partial charge in [0.2, 0.25) is 17.7 Å². The Morgan fingerprint density at radius 1 is 1.30 bits per heavy atom. The number of hydrogen-bond acceptors (Lipinski definition) is 4. The average Bonchev–Trinajstić information content (AvgIpc) is 2.38. The van der Waals surface area contributed by atoms with Crippen LogP contribution in [0.3, 0.4) is 0 Å². The molecule has 0 radical (unpaired) electrons. The van der Waals surface area contributed by atoms with E-state index in [2.05, 4.69) is 16.0 Å². The van der Waals surface area contributed by atoms with E-state index in [1.165, 1.54) is 18.7 Å². The van der Waals surface area contributed by atoms with Gasteiger partial charge in [0, 0.05) is 24.1 Å². The second-order valence-corrected chi connectivity index (χ2v) is 5.42. The van der Waals surface area contributed by atoms with Gasteiger partial charge >= 0.3 is 0 Å². The molecule has 1 aliphatic heterocycles. The zero-order valence-corrected chi connectivity index (χ0v) is 11.8. The van der Waals surface area contributed by atoms with Gasteiger partial charge in [0.1, 0.15) is 6.04 Å². The highest BCUT2D eigenvalue weighted by molar-refractivity contribution is 8.00. The Morgan fingerprint density at radius 3 is 2.65 bits per heavy atom. The molecule has 3 amide bonds. The van der Waals surface area contributed by atoms with E-state index in [0.717, 1.165) is 0 Å². The molecule has 1 fully saturated rings.